The molecule has 2 N–H and O–H groups in total. The molecule has 1 amide bonds. The van der Waals surface area contributed by atoms with Crippen LogP contribution in [0, 0.1) is 6.92 Å². The lowest BCUT2D eigenvalue weighted by Gasteiger charge is -2.14. The molecule has 0 aliphatic heterocycles. The number of carboxylic acids is 1. The monoisotopic (exact) mass is 341 g/mol. The molecule has 2 aromatic heterocycles. The first kappa shape index (κ1) is 15.9. The predicted octanol–water partition coefficient (Wildman–Crippen LogP) is 2.80. The second-order valence-electron chi connectivity index (χ2n) is 5.16. The van der Waals surface area contributed by atoms with Crippen molar-refractivity contribution < 1.29 is 14.7 Å². The van der Waals surface area contributed by atoms with E-state index in [2.05, 4.69) is 10.3 Å². The van der Waals surface area contributed by atoms with Crippen molar-refractivity contribution in [3.63, 3.8) is 0 Å². The van der Waals surface area contributed by atoms with Gasteiger partial charge in [0.2, 0.25) is 0 Å². The topological polar surface area (TPSA) is 84.2 Å². The van der Waals surface area contributed by atoms with Crippen molar-refractivity contribution in [3.8, 4) is 5.13 Å². The molecule has 0 saturated carbocycles. The van der Waals surface area contributed by atoms with Crippen molar-refractivity contribution in [2.24, 2.45) is 0 Å². The minimum atomic E-state index is -1.11. The molecular weight excluding hydrogens is 326 g/mol. The number of thiazole rings is 1. The first-order chi connectivity index (χ1) is 11.6. The number of hydrogen-bond donors (Lipinski definition) is 2. The van der Waals surface area contributed by atoms with E-state index in [1.54, 1.807) is 41.8 Å². The molecule has 0 bridgehead atoms. The number of amides is 1. The number of carbonyl (C=O) groups excluding carboxylic acids is 1. The first-order valence-electron chi connectivity index (χ1n) is 7.25. The van der Waals surface area contributed by atoms with E-state index in [9.17, 15) is 14.7 Å². The summed E-state index contributed by atoms with van der Waals surface area (Å²) in [5.74, 6) is -1.55. The van der Waals surface area contributed by atoms with Crippen LogP contribution in [0.3, 0.4) is 0 Å². The van der Waals surface area contributed by atoms with Gasteiger partial charge in [-0.2, -0.15) is 0 Å². The average Bonchev–Trinajstić information content (AvgIpc) is 3.22. The highest BCUT2D eigenvalue weighted by Gasteiger charge is 2.25. The van der Waals surface area contributed by atoms with Crippen LogP contribution in [0.2, 0.25) is 0 Å². The molecule has 0 saturated heterocycles. The van der Waals surface area contributed by atoms with Gasteiger partial charge in [-0.25, -0.2) is 9.78 Å². The summed E-state index contributed by atoms with van der Waals surface area (Å²) in [5.41, 5.74) is 1.09. The van der Waals surface area contributed by atoms with Gasteiger partial charge in [0.1, 0.15) is 4.88 Å². The molecule has 24 heavy (non-hydrogen) atoms. The Morgan fingerprint density at radius 3 is 2.46 bits per heavy atom. The summed E-state index contributed by atoms with van der Waals surface area (Å²) in [6, 6.07) is 11.2. The van der Waals surface area contributed by atoms with E-state index in [4.69, 9.17) is 0 Å². The van der Waals surface area contributed by atoms with E-state index in [1.165, 1.54) is 11.3 Å². The fourth-order valence-electron chi connectivity index (χ4n) is 2.30. The fraction of sp³-hybridized carbons (Fsp3) is 0.118. The molecule has 122 valence electrons. The van der Waals surface area contributed by atoms with Crippen molar-refractivity contribution >= 4 is 23.2 Å². The summed E-state index contributed by atoms with van der Waals surface area (Å²) in [6.07, 6.45) is 3.67. The lowest BCUT2D eigenvalue weighted by atomic mass is 10.1. The molecule has 0 unspecified atom stereocenters. The van der Waals surface area contributed by atoms with E-state index >= 15 is 0 Å². The average molecular weight is 341 g/mol. The fourth-order valence-corrected chi connectivity index (χ4v) is 3.23. The summed E-state index contributed by atoms with van der Waals surface area (Å²) in [7, 11) is 0. The molecule has 3 rings (SSSR count). The van der Waals surface area contributed by atoms with Crippen LogP contribution in [0.15, 0.2) is 54.9 Å². The highest BCUT2D eigenvalue weighted by Crippen LogP contribution is 2.23. The Labute approximate surface area is 142 Å². The highest BCUT2D eigenvalue weighted by atomic mass is 32.1. The first-order valence-corrected chi connectivity index (χ1v) is 8.07. The van der Waals surface area contributed by atoms with Gasteiger partial charge in [0, 0.05) is 12.4 Å². The van der Waals surface area contributed by atoms with Gasteiger partial charge in [0.25, 0.3) is 5.91 Å². The molecule has 0 aliphatic carbocycles. The normalized spacial score (nSPS) is 11.9. The quantitative estimate of drug-likeness (QED) is 0.747. The molecule has 1 atom stereocenters. The SMILES string of the molecule is Cc1nc(-n2cccc2)sc1C(=O)N[C@@H](C(=O)O)c1ccccc1. The highest BCUT2D eigenvalue weighted by molar-refractivity contribution is 7.16. The maximum absolute atomic E-state index is 12.5. The third kappa shape index (κ3) is 3.21. The van der Waals surface area contributed by atoms with E-state index in [0.29, 0.717) is 21.3 Å². The van der Waals surface area contributed by atoms with Crippen molar-refractivity contribution in [1.82, 2.24) is 14.9 Å². The minimum absolute atomic E-state index is 0.404. The van der Waals surface area contributed by atoms with Crippen LogP contribution >= 0.6 is 11.3 Å². The maximum atomic E-state index is 12.5. The summed E-state index contributed by atoms with van der Waals surface area (Å²) in [6.45, 7) is 1.73. The van der Waals surface area contributed by atoms with E-state index < -0.39 is 17.9 Å². The van der Waals surface area contributed by atoms with Gasteiger partial charge in [0.15, 0.2) is 11.2 Å². The van der Waals surface area contributed by atoms with E-state index in [-0.39, 0.29) is 0 Å². The van der Waals surface area contributed by atoms with Crippen LogP contribution in [-0.2, 0) is 4.79 Å². The zero-order valence-electron chi connectivity index (χ0n) is 12.8. The Morgan fingerprint density at radius 1 is 1.17 bits per heavy atom. The van der Waals surface area contributed by atoms with Crippen molar-refractivity contribution in [1.29, 1.82) is 0 Å². The predicted molar refractivity (Wildman–Crippen MR) is 90.5 cm³/mol. The third-order valence-electron chi connectivity index (χ3n) is 3.47. The van der Waals surface area contributed by atoms with Crippen LogP contribution in [0.4, 0.5) is 0 Å². The zero-order chi connectivity index (χ0) is 17.1. The van der Waals surface area contributed by atoms with E-state index in [0.717, 1.165) is 0 Å². The van der Waals surface area contributed by atoms with Gasteiger partial charge in [-0.15, -0.1) is 0 Å². The summed E-state index contributed by atoms with van der Waals surface area (Å²) >= 11 is 1.22. The Hall–Kier alpha value is -2.93. The largest absolute Gasteiger partial charge is 0.479 e. The van der Waals surface area contributed by atoms with E-state index in [1.807, 2.05) is 24.5 Å². The molecule has 1 aromatic carbocycles. The number of hydrogen-bond acceptors (Lipinski definition) is 4. The number of aryl methyl sites for hydroxylation is 1. The number of nitrogens with one attached hydrogen (secondary N) is 1. The zero-order valence-corrected chi connectivity index (χ0v) is 13.7. The molecular formula is C17H15N3O3S. The van der Waals surface area contributed by atoms with Gasteiger partial charge in [-0.05, 0) is 24.6 Å². The number of nitrogens with zero attached hydrogens (tertiary/aromatic N) is 2. The van der Waals surface area contributed by atoms with Gasteiger partial charge < -0.3 is 15.0 Å². The number of benzene rings is 1. The molecule has 7 heteroatoms. The van der Waals surface area contributed by atoms with Gasteiger partial charge >= 0.3 is 5.97 Å². The molecule has 3 aromatic rings. The van der Waals surface area contributed by atoms with Crippen molar-refractivity contribution in [2.45, 2.75) is 13.0 Å². The standard InChI is InChI=1S/C17H15N3O3S/c1-11-14(24-17(18-11)20-9-5-6-10-20)15(21)19-13(16(22)23)12-7-3-2-4-8-12/h2-10,13H,1H3,(H,19,21)(H,22,23)/t13-/m1/s1. The Bertz CT molecular complexity index is 857. The second-order valence-corrected chi connectivity index (χ2v) is 6.13. The van der Waals surface area contributed by atoms with Crippen LogP contribution in [0.25, 0.3) is 5.13 Å². The lowest BCUT2D eigenvalue weighted by Crippen LogP contribution is -2.33. The lowest BCUT2D eigenvalue weighted by molar-refractivity contribution is -0.139. The maximum Gasteiger partial charge on any atom is 0.330 e. The van der Waals surface area contributed by atoms with Crippen molar-refractivity contribution in [2.75, 3.05) is 0 Å². The van der Waals surface area contributed by atoms with Crippen LogP contribution in [-0.4, -0.2) is 26.5 Å². The Morgan fingerprint density at radius 2 is 1.83 bits per heavy atom. The molecule has 0 spiro atoms. The number of carboxylic acid groups (broad SMARTS) is 1. The third-order valence-corrected chi connectivity index (χ3v) is 4.64. The molecule has 0 fully saturated rings. The van der Waals surface area contributed by atoms with Crippen LogP contribution in [0.1, 0.15) is 27.0 Å². The second kappa shape index (κ2) is 6.67. The number of aromatic nitrogens is 2. The van der Waals surface area contributed by atoms with Crippen LogP contribution < -0.4 is 5.32 Å². The van der Waals surface area contributed by atoms with Gasteiger partial charge in [-0.3, -0.25) is 4.79 Å². The molecule has 6 nitrogen and oxygen atoms in total. The van der Waals surface area contributed by atoms with Gasteiger partial charge in [-0.1, -0.05) is 41.7 Å². The summed E-state index contributed by atoms with van der Waals surface area (Å²) in [5, 5.41) is 12.6. The number of rotatable bonds is 5. The number of aliphatic carboxylic acids is 1. The van der Waals surface area contributed by atoms with Gasteiger partial charge in [0.05, 0.1) is 5.69 Å². The summed E-state index contributed by atoms with van der Waals surface area (Å²) in [4.78, 5) is 28.8. The van der Waals surface area contributed by atoms with Crippen molar-refractivity contribution in [3.05, 3.63) is 71.0 Å². The van der Waals surface area contributed by atoms with Crippen LogP contribution in [0.5, 0.6) is 0 Å². The molecule has 0 radical (unpaired) electrons. The smallest absolute Gasteiger partial charge is 0.330 e. The summed E-state index contributed by atoms with van der Waals surface area (Å²) < 4.78 is 1.81. The Balaban J connectivity index is 1.85. The number of carbonyl (C=O) groups is 2. The minimum Gasteiger partial charge on any atom is -0.479 e. The molecule has 0 aliphatic rings. The molecule has 2 heterocycles. The Kier molecular flexibility index (Phi) is 4.43.